The molecular weight excluding hydrogens is 352 g/mol. The number of aromatic amines is 1. The fourth-order valence-electron chi connectivity index (χ4n) is 4.81. The number of nitrogens with zero attached hydrogens (tertiary/aromatic N) is 1. The number of ether oxygens (including phenoxy) is 1. The number of hydrogen-bond acceptors (Lipinski definition) is 3. The van der Waals surface area contributed by atoms with Crippen LogP contribution in [0.5, 0.6) is 0 Å². The number of pyridine rings is 1. The van der Waals surface area contributed by atoms with Gasteiger partial charge in [0.2, 0.25) is 5.91 Å². The molecule has 150 valence electrons. The van der Waals surface area contributed by atoms with E-state index in [9.17, 15) is 9.59 Å². The van der Waals surface area contributed by atoms with Gasteiger partial charge in [-0.15, -0.1) is 0 Å². The maximum atomic E-state index is 12.7. The molecule has 28 heavy (non-hydrogen) atoms. The smallest absolute Gasteiger partial charge is 0.256 e. The van der Waals surface area contributed by atoms with Crippen molar-refractivity contribution >= 4 is 16.7 Å². The average molecular weight is 383 g/mol. The topological polar surface area (TPSA) is 62.4 Å². The summed E-state index contributed by atoms with van der Waals surface area (Å²) in [7, 11) is 0. The highest BCUT2D eigenvalue weighted by Gasteiger charge is 2.26. The summed E-state index contributed by atoms with van der Waals surface area (Å²) in [6.45, 7) is 6.38. The second-order valence-corrected chi connectivity index (χ2v) is 8.45. The number of aromatic nitrogens is 1. The minimum atomic E-state index is -0.0215. The molecule has 5 nitrogen and oxygen atoms in total. The molecule has 2 aliphatic rings. The summed E-state index contributed by atoms with van der Waals surface area (Å²) < 4.78 is 5.64. The summed E-state index contributed by atoms with van der Waals surface area (Å²) in [6, 6.07) is 6.24. The molecule has 0 saturated carbocycles. The van der Waals surface area contributed by atoms with Crippen LogP contribution >= 0.6 is 0 Å². The predicted molar refractivity (Wildman–Crippen MR) is 111 cm³/mol. The van der Waals surface area contributed by atoms with E-state index in [0.717, 1.165) is 72.8 Å². The lowest BCUT2D eigenvalue weighted by Crippen LogP contribution is -2.39. The Morgan fingerprint density at radius 2 is 2.07 bits per heavy atom. The number of rotatable bonds is 4. The Bertz CT molecular complexity index is 927. The van der Waals surface area contributed by atoms with Crippen molar-refractivity contribution in [3.8, 4) is 0 Å². The maximum Gasteiger partial charge on any atom is 0.256 e. The van der Waals surface area contributed by atoms with E-state index in [4.69, 9.17) is 4.74 Å². The largest absolute Gasteiger partial charge is 0.378 e. The lowest BCUT2D eigenvalue weighted by molar-refractivity contribution is -0.133. The molecule has 1 N–H and O–H groups in total. The summed E-state index contributed by atoms with van der Waals surface area (Å²) in [4.78, 5) is 30.5. The normalized spacial score (nSPS) is 22.7. The van der Waals surface area contributed by atoms with Gasteiger partial charge in [-0.25, -0.2) is 0 Å². The van der Waals surface area contributed by atoms with Gasteiger partial charge in [-0.3, -0.25) is 9.59 Å². The average Bonchev–Trinajstić information content (AvgIpc) is 3.19. The molecular formula is C23H30N2O3. The quantitative estimate of drug-likeness (QED) is 0.875. The zero-order chi connectivity index (χ0) is 19.7. The van der Waals surface area contributed by atoms with Crippen LogP contribution in [0.25, 0.3) is 10.8 Å². The van der Waals surface area contributed by atoms with Crippen molar-refractivity contribution in [2.45, 2.75) is 64.4 Å². The molecule has 2 unspecified atom stereocenters. The summed E-state index contributed by atoms with van der Waals surface area (Å²) in [5, 5.41) is 1.77. The van der Waals surface area contributed by atoms with Crippen LogP contribution < -0.4 is 5.56 Å². The number of nitrogens with one attached hydrogen (secondary N) is 1. The molecule has 2 aromatic rings. The third-order valence-electron chi connectivity index (χ3n) is 6.22. The van der Waals surface area contributed by atoms with Crippen molar-refractivity contribution < 1.29 is 9.53 Å². The summed E-state index contributed by atoms with van der Waals surface area (Å²) in [5.41, 5.74) is 3.11. The van der Waals surface area contributed by atoms with Gasteiger partial charge in [-0.05, 0) is 63.0 Å². The molecule has 2 fully saturated rings. The van der Waals surface area contributed by atoms with Crippen LogP contribution in [0, 0.1) is 13.8 Å². The van der Waals surface area contributed by atoms with Gasteiger partial charge in [0, 0.05) is 43.1 Å². The number of benzene rings is 1. The standard InChI is InChI=1S/C23H30N2O3/c1-15-11-16(2)22-18(12-15)13-20(24-23(22)27)17-5-3-9-25(14-17)21(26)8-7-19-6-4-10-28-19/h11-13,17,19H,3-10,14H2,1-2H3,(H,24,27). The molecule has 0 radical (unpaired) electrons. The van der Waals surface area contributed by atoms with Crippen molar-refractivity contribution in [3.05, 3.63) is 45.4 Å². The number of carbonyl (C=O) groups is 1. The highest BCUT2D eigenvalue weighted by molar-refractivity contribution is 5.85. The Morgan fingerprint density at radius 3 is 2.86 bits per heavy atom. The van der Waals surface area contributed by atoms with Gasteiger partial charge in [-0.2, -0.15) is 0 Å². The first-order chi connectivity index (χ1) is 13.5. The lowest BCUT2D eigenvalue weighted by Gasteiger charge is -2.33. The third-order valence-corrected chi connectivity index (χ3v) is 6.22. The van der Waals surface area contributed by atoms with Crippen LogP contribution in [0.15, 0.2) is 23.0 Å². The molecule has 0 spiro atoms. The van der Waals surface area contributed by atoms with E-state index < -0.39 is 0 Å². The van der Waals surface area contributed by atoms with Gasteiger partial charge in [0.25, 0.3) is 5.56 Å². The van der Waals surface area contributed by atoms with E-state index in [0.29, 0.717) is 13.0 Å². The molecule has 2 atom stereocenters. The fraction of sp³-hybridized carbons (Fsp3) is 0.565. The van der Waals surface area contributed by atoms with E-state index in [1.807, 2.05) is 17.9 Å². The zero-order valence-electron chi connectivity index (χ0n) is 16.9. The number of amides is 1. The second kappa shape index (κ2) is 8.08. The minimum absolute atomic E-state index is 0.0215. The number of carbonyl (C=O) groups excluding carboxylic acids is 1. The Morgan fingerprint density at radius 1 is 1.21 bits per heavy atom. The number of piperidine rings is 1. The fourth-order valence-corrected chi connectivity index (χ4v) is 4.81. The highest BCUT2D eigenvalue weighted by atomic mass is 16.5. The van der Waals surface area contributed by atoms with Crippen molar-refractivity contribution in [3.63, 3.8) is 0 Å². The van der Waals surface area contributed by atoms with Crippen LogP contribution in [-0.4, -0.2) is 41.6 Å². The van der Waals surface area contributed by atoms with E-state index in [-0.39, 0.29) is 23.5 Å². The third kappa shape index (κ3) is 4.00. The lowest BCUT2D eigenvalue weighted by atomic mass is 9.92. The molecule has 1 aromatic carbocycles. The molecule has 5 heteroatoms. The van der Waals surface area contributed by atoms with Gasteiger partial charge in [-0.1, -0.05) is 17.7 Å². The molecule has 0 bridgehead atoms. The predicted octanol–water partition coefficient (Wildman–Crippen LogP) is 3.81. The van der Waals surface area contributed by atoms with Crippen LogP contribution in [0.4, 0.5) is 0 Å². The Labute approximate surface area is 166 Å². The summed E-state index contributed by atoms with van der Waals surface area (Å²) in [6.07, 6.45) is 5.81. The van der Waals surface area contributed by atoms with Gasteiger partial charge in [0.15, 0.2) is 0 Å². The Kier molecular flexibility index (Phi) is 5.54. The number of H-pyrrole nitrogens is 1. The van der Waals surface area contributed by atoms with Crippen LogP contribution in [0.1, 0.15) is 61.3 Å². The van der Waals surface area contributed by atoms with Gasteiger partial charge < -0.3 is 14.6 Å². The molecule has 0 aliphatic carbocycles. The molecule has 2 saturated heterocycles. The van der Waals surface area contributed by atoms with Crippen molar-refractivity contribution in [2.75, 3.05) is 19.7 Å². The van der Waals surface area contributed by atoms with Crippen LogP contribution in [0.2, 0.25) is 0 Å². The summed E-state index contributed by atoms with van der Waals surface area (Å²) >= 11 is 0. The van der Waals surface area contributed by atoms with Crippen LogP contribution in [-0.2, 0) is 9.53 Å². The first-order valence-electron chi connectivity index (χ1n) is 10.5. The molecule has 3 heterocycles. The van der Waals surface area contributed by atoms with Crippen molar-refractivity contribution in [1.82, 2.24) is 9.88 Å². The molecule has 4 rings (SSSR count). The van der Waals surface area contributed by atoms with Gasteiger partial charge in [0.1, 0.15) is 0 Å². The maximum absolute atomic E-state index is 12.7. The number of likely N-dealkylation sites (tertiary alicyclic amines) is 1. The Balaban J connectivity index is 1.49. The molecule has 2 aliphatic heterocycles. The SMILES string of the molecule is Cc1cc(C)c2c(=O)[nH]c(C3CCCN(C(=O)CCC4CCCO4)C3)cc2c1. The molecule has 1 amide bonds. The number of aryl methyl sites for hydroxylation is 2. The minimum Gasteiger partial charge on any atom is -0.378 e. The van der Waals surface area contributed by atoms with E-state index >= 15 is 0 Å². The second-order valence-electron chi connectivity index (χ2n) is 8.45. The number of fused-ring (bicyclic) bond motifs is 1. The Hall–Kier alpha value is -2.14. The first kappa shape index (κ1) is 19.2. The monoisotopic (exact) mass is 382 g/mol. The first-order valence-corrected chi connectivity index (χ1v) is 10.5. The molecule has 1 aromatic heterocycles. The van der Waals surface area contributed by atoms with E-state index in [1.54, 1.807) is 0 Å². The van der Waals surface area contributed by atoms with E-state index in [1.165, 1.54) is 0 Å². The summed E-state index contributed by atoms with van der Waals surface area (Å²) in [5.74, 6) is 0.411. The van der Waals surface area contributed by atoms with Crippen molar-refractivity contribution in [1.29, 1.82) is 0 Å². The van der Waals surface area contributed by atoms with Crippen LogP contribution in [0.3, 0.4) is 0 Å². The number of hydrogen-bond donors (Lipinski definition) is 1. The van der Waals surface area contributed by atoms with Gasteiger partial charge >= 0.3 is 0 Å². The highest BCUT2D eigenvalue weighted by Crippen LogP contribution is 2.28. The van der Waals surface area contributed by atoms with E-state index in [2.05, 4.69) is 24.0 Å². The van der Waals surface area contributed by atoms with Crippen molar-refractivity contribution in [2.24, 2.45) is 0 Å². The van der Waals surface area contributed by atoms with Gasteiger partial charge in [0.05, 0.1) is 6.10 Å². The zero-order valence-corrected chi connectivity index (χ0v) is 16.9.